The molecule has 2 heteroatoms. The molecule has 0 N–H and O–H groups in total. The van der Waals surface area contributed by atoms with Crippen LogP contribution in [0.15, 0.2) is 28.7 Å². The van der Waals surface area contributed by atoms with E-state index in [0.717, 1.165) is 10.9 Å². The molecule has 0 heterocycles. The lowest BCUT2D eigenvalue weighted by Crippen LogP contribution is -2.11. The molecule has 0 aliphatic heterocycles. The molecule has 1 aromatic rings. The van der Waals surface area contributed by atoms with Crippen LogP contribution < -0.4 is 0 Å². The molecule has 0 saturated carbocycles. The van der Waals surface area contributed by atoms with E-state index in [2.05, 4.69) is 35.0 Å². The van der Waals surface area contributed by atoms with Crippen molar-refractivity contribution in [2.45, 2.75) is 25.1 Å². The van der Waals surface area contributed by atoms with Crippen LogP contribution in [0.4, 0.5) is 0 Å². The van der Waals surface area contributed by atoms with Gasteiger partial charge in [0.2, 0.25) is 0 Å². The van der Waals surface area contributed by atoms with Crippen LogP contribution in [-0.4, -0.2) is 0 Å². The first-order valence-corrected chi connectivity index (χ1v) is 5.18. The zero-order valence-electron chi connectivity index (χ0n) is 7.27. The van der Waals surface area contributed by atoms with E-state index in [9.17, 15) is 0 Å². The lowest BCUT2D eigenvalue weighted by atomic mass is 9.98. The van der Waals surface area contributed by atoms with Crippen molar-refractivity contribution in [2.75, 3.05) is 0 Å². The molecule has 0 saturated heterocycles. The molecule has 0 spiro atoms. The minimum absolute atomic E-state index is 0.222. The molecule has 0 aliphatic rings. The van der Waals surface area contributed by atoms with Crippen molar-refractivity contribution in [3.63, 3.8) is 0 Å². The van der Waals surface area contributed by atoms with Gasteiger partial charge in [-0.25, -0.2) is 0 Å². The van der Waals surface area contributed by atoms with E-state index in [1.165, 1.54) is 5.56 Å². The van der Waals surface area contributed by atoms with Crippen molar-refractivity contribution in [1.82, 2.24) is 0 Å². The second-order valence-corrected chi connectivity index (χ2v) is 4.81. The summed E-state index contributed by atoms with van der Waals surface area (Å²) >= 11 is 9.67. The highest BCUT2D eigenvalue weighted by atomic mass is 79.9. The lowest BCUT2D eigenvalue weighted by molar-refractivity contribution is 0.650. The van der Waals surface area contributed by atoms with E-state index in [1.54, 1.807) is 0 Å². The first-order valence-electron chi connectivity index (χ1n) is 4.01. The fraction of sp³-hybridized carbons (Fsp3) is 0.400. The van der Waals surface area contributed by atoms with Crippen molar-refractivity contribution in [2.24, 2.45) is 0 Å². The van der Waals surface area contributed by atoms with Crippen molar-refractivity contribution in [1.29, 1.82) is 0 Å². The van der Waals surface area contributed by atoms with Gasteiger partial charge >= 0.3 is 0 Å². The maximum Gasteiger partial charge on any atom is 0.0664 e. The summed E-state index contributed by atoms with van der Waals surface area (Å²) in [6, 6.07) is 8.15. The summed E-state index contributed by atoms with van der Waals surface area (Å²) in [6.45, 7) is 4.13. The Morgan fingerprint density at radius 2 is 1.83 bits per heavy atom. The number of halogens is 2. The minimum Gasteiger partial charge on any atom is -0.114 e. The van der Waals surface area contributed by atoms with E-state index in [4.69, 9.17) is 11.6 Å². The van der Waals surface area contributed by atoms with Gasteiger partial charge in [0.05, 0.1) is 4.87 Å². The van der Waals surface area contributed by atoms with Crippen molar-refractivity contribution < 1.29 is 0 Å². The predicted octanol–water partition coefficient (Wildman–Crippen LogP) is 4.31. The quantitative estimate of drug-likeness (QED) is 0.683. The molecule has 0 radical (unpaired) electrons. The highest BCUT2D eigenvalue weighted by Gasteiger charge is 2.19. The van der Waals surface area contributed by atoms with Gasteiger partial charge in [-0.05, 0) is 31.0 Å². The number of rotatable bonds is 2. The average molecular weight is 248 g/mol. The summed E-state index contributed by atoms with van der Waals surface area (Å²) in [5.41, 5.74) is 1.18. The molecule has 1 atom stereocenters. The molecule has 0 nitrogen and oxygen atoms in total. The van der Waals surface area contributed by atoms with Crippen LogP contribution in [0, 0.1) is 0 Å². The van der Waals surface area contributed by atoms with E-state index in [-0.39, 0.29) is 4.87 Å². The van der Waals surface area contributed by atoms with Crippen LogP contribution in [0.1, 0.15) is 25.8 Å². The van der Waals surface area contributed by atoms with Gasteiger partial charge in [0.25, 0.3) is 0 Å². The van der Waals surface area contributed by atoms with Gasteiger partial charge in [-0.15, -0.1) is 11.6 Å². The van der Waals surface area contributed by atoms with Crippen LogP contribution in [-0.2, 0) is 4.87 Å². The Morgan fingerprint density at radius 3 is 2.25 bits per heavy atom. The largest absolute Gasteiger partial charge is 0.114 e. The smallest absolute Gasteiger partial charge is 0.0664 e. The summed E-state index contributed by atoms with van der Waals surface area (Å²) in [6.07, 6.45) is 0.941. The van der Waals surface area contributed by atoms with E-state index < -0.39 is 0 Å². The highest BCUT2D eigenvalue weighted by molar-refractivity contribution is 9.10. The zero-order valence-corrected chi connectivity index (χ0v) is 9.61. The minimum atomic E-state index is -0.222. The third-order valence-electron chi connectivity index (χ3n) is 2.11. The monoisotopic (exact) mass is 246 g/mol. The number of hydrogen-bond donors (Lipinski definition) is 0. The fourth-order valence-electron chi connectivity index (χ4n) is 1.00. The van der Waals surface area contributed by atoms with Gasteiger partial charge in [0.15, 0.2) is 0 Å². The maximum absolute atomic E-state index is 6.28. The Hall–Kier alpha value is -0.0100. The van der Waals surface area contributed by atoms with Gasteiger partial charge in [0.1, 0.15) is 0 Å². The second-order valence-electron chi connectivity index (χ2n) is 3.06. The molecule has 0 amide bonds. The normalized spacial score (nSPS) is 15.7. The standard InChI is InChI=1S/C10H12BrCl/c1-3-10(2,12)8-4-6-9(11)7-5-8/h4-7H,3H2,1-2H3. The predicted molar refractivity (Wildman–Crippen MR) is 57.6 cm³/mol. The summed E-state index contributed by atoms with van der Waals surface area (Å²) in [5, 5.41) is 0. The van der Waals surface area contributed by atoms with Crippen molar-refractivity contribution in [3.8, 4) is 0 Å². The van der Waals surface area contributed by atoms with Crippen LogP contribution >= 0.6 is 27.5 Å². The van der Waals surface area contributed by atoms with Crippen LogP contribution in [0.5, 0.6) is 0 Å². The molecule has 1 aromatic carbocycles. The summed E-state index contributed by atoms with van der Waals surface area (Å²) in [5.74, 6) is 0. The number of alkyl halides is 1. The van der Waals surface area contributed by atoms with Crippen LogP contribution in [0.25, 0.3) is 0 Å². The van der Waals surface area contributed by atoms with Gasteiger partial charge in [-0.1, -0.05) is 35.0 Å². The molecule has 1 rings (SSSR count). The van der Waals surface area contributed by atoms with Gasteiger partial charge in [0, 0.05) is 4.47 Å². The molecule has 1 unspecified atom stereocenters. The highest BCUT2D eigenvalue weighted by Crippen LogP contribution is 2.32. The topological polar surface area (TPSA) is 0 Å². The molecular weight excluding hydrogens is 235 g/mol. The van der Waals surface area contributed by atoms with Gasteiger partial charge < -0.3 is 0 Å². The van der Waals surface area contributed by atoms with Gasteiger partial charge in [-0.3, -0.25) is 0 Å². The summed E-state index contributed by atoms with van der Waals surface area (Å²) in [4.78, 5) is -0.222. The zero-order chi connectivity index (χ0) is 9.19. The molecule has 0 bridgehead atoms. The van der Waals surface area contributed by atoms with Crippen LogP contribution in [0.3, 0.4) is 0 Å². The molecule has 0 fully saturated rings. The molecule has 0 aliphatic carbocycles. The van der Waals surface area contributed by atoms with Gasteiger partial charge in [-0.2, -0.15) is 0 Å². The first-order chi connectivity index (χ1) is 5.56. The second kappa shape index (κ2) is 3.80. The van der Waals surface area contributed by atoms with E-state index in [1.807, 2.05) is 19.1 Å². The lowest BCUT2D eigenvalue weighted by Gasteiger charge is -2.20. The summed E-state index contributed by atoms with van der Waals surface area (Å²) < 4.78 is 1.09. The van der Waals surface area contributed by atoms with Crippen LogP contribution in [0.2, 0.25) is 0 Å². The Kier molecular flexibility index (Phi) is 3.19. The Labute approximate surface area is 87.1 Å². The fourth-order valence-corrected chi connectivity index (χ4v) is 1.39. The third kappa shape index (κ3) is 2.24. The maximum atomic E-state index is 6.28. The van der Waals surface area contributed by atoms with Crippen molar-refractivity contribution in [3.05, 3.63) is 34.3 Å². The SMILES string of the molecule is CCC(C)(Cl)c1ccc(Br)cc1. The summed E-state index contributed by atoms with van der Waals surface area (Å²) in [7, 11) is 0. The molecule has 0 aromatic heterocycles. The molecule has 66 valence electrons. The van der Waals surface area contributed by atoms with E-state index >= 15 is 0 Å². The Balaban J connectivity index is 2.96. The van der Waals surface area contributed by atoms with E-state index in [0.29, 0.717) is 0 Å². The third-order valence-corrected chi connectivity index (χ3v) is 3.12. The number of hydrogen-bond acceptors (Lipinski definition) is 0. The average Bonchev–Trinajstić information content (AvgIpc) is 2.05. The molecular formula is C10H12BrCl. The first kappa shape index (κ1) is 10.1. The molecule has 12 heavy (non-hydrogen) atoms. The Morgan fingerprint density at radius 1 is 1.33 bits per heavy atom. The Bertz CT molecular complexity index is 251. The number of benzene rings is 1. The van der Waals surface area contributed by atoms with Crippen molar-refractivity contribution >= 4 is 27.5 Å².